The summed E-state index contributed by atoms with van der Waals surface area (Å²) >= 11 is 0. The lowest BCUT2D eigenvalue weighted by atomic mass is 10.1. The Hall–Kier alpha value is -2.20. The lowest BCUT2D eigenvalue weighted by molar-refractivity contribution is -0.141. The molecule has 4 atom stereocenters. The van der Waals surface area contributed by atoms with Gasteiger partial charge in [0.1, 0.15) is 5.82 Å². The van der Waals surface area contributed by atoms with Crippen LogP contribution in [0.3, 0.4) is 0 Å². The van der Waals surface area contributed by atoms with Crippen LogP contribution in [0.25, 0.3) is 0 Å². The Bertz CT molecular complexity index is 747. The average Bonchev–Trinajstić information content (AvgIpc) is 2.96. The van der Waals surface area contributed by atoms with E-state index in [9.17, 15) is 26.7 Å². The van der Waals surface area contributed by atoms with Crippen molar-refractivity contribution in [2.45, 2.75) is 31.5 Å². The highest BCUT2D eigenvalue weighted by Gasteiger charge is 2.56. The zero-order chi connectivity index (χ0) is 19.5. The van der Waals surface area contributed by atoms with E-state index in [-0.39, 0.29) is 48.9 Å². The Morgan fingerprint density at radius 1 is 1.26 bits per heavy atom. The van der Waals surface area contributed by atoms with Crippen molar-refractivity contribution in [2.24, 2.45) is 17.8 Å². The van der Waals surface area contributed by atoms with Crippen LogP contribution in [0.4, 0.5) is 33.7 Å². The van der Waals surface area contributed by atoms with Crippen LogP contribution in [0, 0.1) is 17.8 Å². The molecule has 148 valence electrons. The smallest absolute Gasteiger partial charge is 0.433 e. The summed E-state index contributed by atoms with van der Waals surface area (Å²) in [5.41, 5.74) is -1.16. The fraction of sp³-hybridized carbons (Fsp3) is 0.688. The van der Waals surface area contributed by atoms with Gasteiger partial charge in [-0.3, -0.25) is 4.79 Å². The maximum absolute atomic E-state index is 13.2. The fourth-order valence-electron chi connectivity index (χ4n) is 4.12. The molecule has 1 N–H and O–H groups in total. The number of fused-ring (bicyclic) bond motifs is 1. The molecule has 2 saturated heterocycles. The lowest BCUT2D eigenvalue weighted by Crippen LogP contribution is -2.53. The number of nitrogens with zero attached hydrogens (tertiary/aromatic N) is 4. The molecular weight excluding hydrogens is 375 g/mol. The molecule has 0 aromatic carbocycles. The number of anilines is 2. The van der Waals surface area contributed by atoms with Crippen molar-refractivity contribution in [3.63, 3.8) is 0 Å². The van der Waals surface area contributed by atoms with Crippen LogP contribution in [-0.4, -0.2) is 53.1 Å². The van der Waals surface area contributed by atoms with Crippen molar-refractivity contribution in [2.75, 3.05) is 29.4 Å². The molecule has 3 aliphatic rings. The summed E-state index contributed by atoms with van der Waals surface area (Å²) in [4.78, 5) is 21.2. The second-order valence-electron chi connectivity index (χ2n) is 7.29. The van der Waals surface area contributed by atoms with Crippen LogP contribution < -0.4 is 9.80 Å². The van der Waals surface area contributed by atoms with Gasteiger partial charge in [0.2, 0.25) is 5.95 Å². The van der Waals surface area contributed by atoms with Crippen LogP contribution >= 0.6 is 0 Å². The first kappa shape index (κ1) is 18.2. The maximum atomic E-state index is 13.2. The van der Waals surface area contributed by atoms with E-state index in [1.807, 2.05) is 0 Å². The summed E-state index contributed by atoms with van der Waals surface area (Å²) in [6.07, 6.45) is -7.17. The summed E-state index contributed by atoms with van der Waals surface area (Å²) in [6.45, 7) is 1.00. The normalized spacial score (nSPS) is 29.7. The van der Waals surface area contributed by atoms with Gasteiger partial charge in [0, 0.05) is 32.1 Å². The summed E-state index contributed by atoms with van der Waals surface area (Å²) in [5, 5.41) is 8.86. The molecule has 0 bridgehead atoms. The summed E-state index contributed by atoms with van der Waals surface area (Å²) < 4.78 is 65.6. The van der Waals surface area contributed by atoms with Gasteiger partial charge >= 0.3 is 12.1 Å². The minimum atomic E-state index is -4.72. The predicted molar refractivity (Wildman–Crippen MR) is 83.7 cm³/mol. The molecule has 1 aromatic heterocycles. The highest BCUT2D eigenvalue weighted by atomic mass is 19.4. The van der Waals surface area contributed by atoms with E-state index in [0.717, 1.165) is 11.0 Å². The Morgan fingerprint density at radius 3 is 2.41 bits per heavy atom. The molecular formula is C16H17F5N4O2. The third kappa shape index (κ3) is 3.27. The molecule has 2 aliphatic heterocycles. The van der Waals surface area contributed by atoms with Crippen LogP contribution in [0.15, 0.2) is 6.07 Å². The van der Waals surface area contributed by atoms with E-state index in [0.29, 0.717) is 13.1 Å². The van der Waals surface area contributed by atoms with Crippen molar-refractivity contribution in [1.82, 2.24) is 9.97 Å². The molecule has 3 fully saturated rings. The molecule has 0 amide bonds. The molecule has 1 aromatic rings. The second-order valence-corrected chi connectivity index (χ2v) is 7.29. The fourth-order valence-corrected chi connectivity index (χ4v) is 4.12. The zero-order valence-corrected chi connectivity index (χ0v) is 14.0. The van der Waals surface area contributed by atoms with Crippen LogP contribution in [0.5, 0.6) is 0 Å². The van der Waals surface area contributed by atoms with Gasteiger partial charge < -0.3 is 14.9 Å². The van der Waals surface area contributed by atoms with Gasteiger partial charge in [-0.2, -0.15) is 18.2 Å². The van der Waals surface area contributed by atoms with Crippen LogP contribution in [0.1, 0.15) is 18.5 Å². The monoisotopic (exact) mass is 392 g/mol. The number of carboxylic acids is 1. The van der Waals surface area contributed by atoms with E-state index in [2.05, 4.69) is 9.97 Å². The first-order valence-electron chi connectivity index (χ1n) is 8.63. The van der Waals surface area contributed by atoms with Crippen molar-refractivity contribution >= 4 is 17.7 Å². The number of rotatable bonds is 5. The van der Waals surface area contributed by atoms with Gasteiger partial charge in [0.25, 0.3) is 6.43 Å². The summed E-state index contributed by atoms with van der Waals surface area (Å²) in [7, 11) is 0. The van der Waals surface area contributed by atoms with Crippen molar-refractivity contribution < 1.29 is 31.9 Å². The van der Waals surface area contributed by atoms with Gasteiger partial charge in [-0.1, -0.05) is 0 Å². The average molecular weight is 392 g/mol. The predicted octanol–water partition coefficient (Wildman–Crippen LogP) is 2.50. The first-order valence-corrected chi connectivity index (χ1v) is 8.63. The van der Waals surface area contributed by atoms with E-state index < -0.39 is 30.3 Å². The largest absolute Gasteiger partial charge is 0.481 e. The maximum Gasteiger partial charge on any atom is 0.433 e. The number of hydrogen-bond donors (Lipinski definition) is 1. The Kier molecular flexibility index (Phi) is 4.15. The molecule has 27 heavy (non-hydrogen) atoms. The van der Waals surface area contributed by atoms with Gasteiger partial charge in [-0.25, -0.2) is 13.8 Å². The molecule has 11 heteroatoms. The van der Waals surface area contributed by atoms with Gasteiger partial charge in [0.05, 0.1) is 6.04 Å². The Morgan fingerprint density at radius 2 is 1.93 bits per heavy atom. The quantitative estimate of drug-likeness (QED) is 0.777. The van der Waals surface area contributed by atoms with Crippen molar-refractivity contribution in [3.8, 4) is 0 Å². The number of halogens is 5. The molecule has 1 aliphatic carbocycles. The molecule has 0 unspecified atom stereocenters. The number of hydrogen-bond acceptors (Lipinski definition) is 5. The standard InChI is InChI=1S/C16H17F5N4O2/c17-14(18)10-1-2-25(10)15-22-11(16(19,20)21)4-12(23-15)24-5-8-7(3-13(26)27)9(8)6-24/h4,7-10,14H,1-3,5-6H2,(H,26,27)/t7-,8-,9+,10-/m0/s1. The van der Waals surface area contributed by atoms with Crippen LogP contribution in [-0.2, 0) is 11.0 Å². The third-order valence-corrected chi connectivity index (χ3v) is 5.71. The molecule has 6 nitrogen and oxygen atoms in total. The van der Waals surface area contributed by atoms with Crippen molar-refractivity contribution in [3.05, 3.63) is 11.8 Å². The molecule has 3 heterocycles. The van der Waals surface area contributed by atoms with E-state index >= 15 is 0 Å². The van der Waals surface area contributed by atoms with E-state index in [1.54, 1.807) is 4.90 Å². The Labute approximate surface area is 151 Å². The Balaban J connectivity index is 1.57. The van der Waals surface area contributed by atoms with Crippen LogP contribution in [0.2, 0.25) is 0 Å². The minimum absolute atomic E-state index is 0.0424. The van der Waals surface area contributed by atoms with Gasteiger partial charge in [0.15, 0.2) is 5.69 Å². The van der Waals surface area contributed by atoms with Gasteiger partial charge in [-0.05, 0) is 24.2 Å². The van der Waals surface area contributed by atoms with Gasteiger partial charge in [-0.15, -0.1) is 0 Å². The van der Waals surface area contributed by atoms with E-state index in [4.69, 9.17) is 5.11 Å². The molecule has 0 radical (unpaired) electrons. The summed E-state index contributed by atoms with van der Waals surface area (Å²) in [6, 6.07) is -0.342. The third-order valence-electron chi connectivity index (χ3n) is 5.71. The number of aromatic nitrogens is 2. The second kappa shape index (κ2) is 6.16. The number of carboxylic acid groups (broad SMARTS) is 1. The highest BCUT2D eigenvalue weighted by Crippen LogP contribution is 2.54. The molecule has 0 spiro atoms. The number of carbonyl (C=O) groups is 1. The molecule has 4 rings (SSSR count). The number of alkyl halides is 5. The minimum Gasteiger partial charge on any atom is -0.481 e. The number of aliphatic carboxylic acids is 1. The highest BCUT2D eigenvalue weighted by molar-refractivity contribution is 5.68. The first-order chi connectivity index (χ1) is 12.6. The lowest BCUT2D eigenvalue weighted by Gasteiger charge is -2.40. The topological polar surface area (TPSA) is 69.6 Å². The summed E-state index contributed by atoms with van der Waals surface area (Å²) in [5.74, 6) is -0.896. The number of piperidine rings is 1. The molecule has 1 saturated carbocycles. The zero-order valence-electron chi connectivity index (χ0n) is 14.0. The SMILES string of the molecule is O=C(O)C[C@@H]1[C@H]2CN(c3cc(C(F)(F)F)nc(N4CC[C@H]4C(F)F)n3)C[C@@H]12. The van der Waals surface area contributed by atoms with Crippen molar-refractivity contribution in [1.29, 1.82) is 0 Å². The van der Waals surface area contributed by atoms with E-state index in [1.165, 1.54) is 0 Å².